The van der Waals surface area contributed by atoms with Gasteiger partial charge in [0.05, 0.1) is 6.04 Å². The second kappa shape index (κ2) is 5.63. The molecular formula is C15H17N3OS. The number of thiazole rings is 1. The summed E-state index contributed by atoms with van der Waals surface area (Å²) in [5.41, 5.74) is 0.752. The van der Waals surface area contributed by atoms with Gasteiger partial charge < -0.3 is 9.80 Å². The predicted octanol–water partition coefficient (Wildman–Crippen LogP) is 2.49. The van der Waals surface area contributed by atoms with Crippen LogP contribution in [0.25, 0.3) is 0 Å². The first-order chi connectivity index (χ1) is 9.75. The van der Waals surface area contributed by atoms with Crippen molar-refractivity contribution in [3.63, 3.8) is 0 Å². The van der Waals surface area contributed by atoms with Gasteiger partial charge in [0.15, 0.2) is 5.13 Å². The van der Waals surface area contributed by atoms with Crippen LogP contribution in [0.5, 0.6) is 0 Å². The van der Waals surface area contributed by atoms with Gasteiger partial charge in [-0.25, -0.2) is 4.98 Å². The van der Waals surface area contributed by atoms with Crippen molar-refractivity contribution in [1.29, 1.82) is 0 Å². The van der Waals surface area contributed by atoms with Crippen LogP contribution in [0.4, 0.5) is 5.13 Å². The number of benzene rings is 1. The summed E-state index contributed by atoms with van der Waals surface area (Å²) in [6.07, 6.45) is 2.82. The predicted molar refractivity (Wildman–Crippen MR) is 81.3 cm³/mol. The number of hydrogen-bond acceptors (Lipinski definition) is 4. The van der Waals surface area contributed by atoms with Crippen LogP contribution in [0.3, 0.4) is 0 Å². The normalized spacial score (nSPS) is 18.2. The van der Waals surface area contributed by atoms with Crippen LogP contribution in [0.2, 0.25) is 0 Å². The molecule has 1 unspecified atom stereocenters. The van der Waals surface area contributed by atoms with Gasteiger partial charge in [0, 0.05) is 37.3 Å². The summed E-state index contributed by atoms with van der Waals surface area (Å²) < 4.78 is 0. The molecule has 3 rings (SSSR count). The number of carbonyl (C=O) groups is 1. The molecule has 20 heavy (non-hydrogen) atoms. The molecule has 1 aromatic heterocycles. The van der Waals surface area contributed by atoms with Crippen LogP contribution in [0, 0.1) is 0 Å². The highest BCUT2D eigenvalue weighted by atomic mass is 32.1. The highest BCUT2D eigenvalue weighted by Crippen LogP contribution is 2.24. The van der Waals surface area contributed by atoms with E-state index in [0.29, 0.717) is 0 Å². The van der Waals surface area contributed by atoms with Gasteiger partial charge in [-0.1, -0.05) is 18.2 Å². The van der Waals surface area contributed by atoms with Crippen LogP contribution in [0.15, 0.2) is 41.9 Å². The van der Waals surface area contributed by atoms with E-state index >= 15 is 0 Å². The summed E-state index contributed by atoms with van der Waals surface area (Å²) in [5, 5.41) is 3.04. The Kier molecular flexibility index (Phi) is 3.69. The minimum atomic E-state index is 0.0941. The summed E-state index contributed by atoms with van der Waals surface area (Å²) in [4.78, 5) is 20.9. The highest BCUT2D eigenvalue weighted by Gasteiger charge is 2.29. The SMILES string of the molecule is CN(C(=O)c1ccccc1)C1CCN(c2nccs2)C1. The topological polar surface area (TPSA) is 36.4 Å². The third kappa shape index (κ3) is 2.54. The first kappa shape index (κ1) is 13.1. The van der Waals surface area contributed by atoms with Crippen LogP contribution >= 0.6 is 11.3 Å². The molecule has 104 valence electrons. The van der Waals surface area contributed by atoms with Crippen molar-refractivity contribution >= 4 is 22.4 Å². The number of aromatic nitrogens is 1. The summed E-state index contributed by atoms with van der Waals surface area (Å²) in [6.45, 7) is 1.83. The summed E-state index contributed by atoms with van der Waals surface area (Å²) in [6, 6.07) is 9.72. The Morgan fingerprint density at radius 3 is 2.90 bits per heavy atom. The third-order valence-corrected chi connectivity index (χ3v) is 4.57. The Morgan fingerprint density at radius 1 is 1.40 bits per heavy atom. The molecule has 1 fully saturated rings. The smallest absolute Gasteiger partial charge is 0.253 e. The number of amides is 1. The van der Waals surface area contributed by atoms with Crippen LogP contribution in [-0.2, 0) is 0 Å². The molecule has 0 spiro atoms. The van der Waals surface area contributed by atoms with Crippen LogP contribution in [0.1, 0.15) is 16.8 Å². The molecule has 0 aliphatic carbocycles. The molecule has 1 amide bonds. The van der Waals surface area contributed by atoms with E-state index in [1.807, 2.05) is 53.9 Å². The van der Waals surface area contributed by atoms with E-state index in [1.54, 1.807) is 11.3 Å². The minimum absolute atomic E-state index is 0.0941. The maximum atomic E-state index is 12.4. The van der Waals surface area contributed by atoms with Crippen molar-refractivity contribution in [3.8, 4) is 0 Å². The fourth-order valence-electron chi connectivity index (χ4n) is 2.55. The van der Waals surface area contributed by atoms with Crippen molar-refractivity contribution in [2.24, 2.45) is 0 Å². The van der Waals surface area contributed by atoms with Gasteiger partial charge >= 0.3 is 0 Å². The fourth-order valence-corrected chi connectivity index (χ4v) is 3.23. The quantitative estimate of drug-likeness (QED) is 0.870. The van der Waals surface area contributed by atoms with Gasteiger partial charge in [-0.3, -0.25) is 4.79 Å². The monoisotopic (exact) mass is 287 g/mol. The second-order valence-corrected chi connectivity index (χ2v) is 5.86. The zero-order valence-corrected chi connectivity index (χ0v) is 12.2. The molecule has 1 aliphatic rings. The summed E-state index contributed by atoms with van der Waals surface area (Å²) in [7, 11) is 1.89. The minimum Gasteiger partial charge on any atom is -0.346 e. The number of nitrogens with zero attached hydrogens (tertiary/aromatic N) is 3. The van der Waals surface area contributed by atoms with E-state index < -0.39 is 0 Å². The average Bonchev–Trinajstić information content (AvgIpc) is 3.17. The van der Waals surface area contributed by atoms with E-state index in [0.717, 1.165) is 30.2 Å². The lowest BCUT2D eigenvalue weighted by molar-refractivity contribution is 0.0745. The van der Waals surface area contributed by atoms with Crippen molar-refractivity contribution in [1.82, 2.24) is 9.88 Å². The van der Waals surface area contributed by atoms with E-state index in [9.17, 15) is 4.79 Å². The lowest BCUT2D eigenvalue weighted by Crippen LogP contribution is -2.39. The zero-order valence-electron chi connectivity index (χ0n) is 11.4. The molecule has 1 aromatic carbocycles. The Labute approximate surface area is 122 Å². The standard InChI is InChI=1S/C15H17N3OS/c1-17(14(19)12-5-3-2-4-6-12)13-7-9-18(11-13)15-16-8-10-20-15/h2-6,8,10,13H,7,9,11H2,1H3. The molecule has 0 radical (unpaired) electrons. The van der Waals surface area contributed by atoms with Gasteiger partial charge in [-0.2, -0.15) is 0 Å². The maximum absolute atomic E-state index is 12.4. The van der Waals surface area contributed by atoms with Crippen molar-refractivity contribution < 1.29 is 4.79 Å². The van der Waals surface area contributed by atoms with E-state index in [2.05, 4.69) is 9.88 Å². The first-order valence-electron chi connectivity index (χ1n) is 6.72. The highest BCUT2D eigenvalue weighted by molar-refractivity contribution is 7.13. The van der Waals surface area contributed by atoms with E-state index in [1.165, 1.54) is 0 Å². The van der Waals surface area contributed by atoms with E-state index in [4.69, 9.17) is 0 Å². The molecule has 0 saturated carbocycles. The molecule has 2 aromatic rings. The number of hydrogen-bond donors (Lipinski definition) is 0. The van der Waals surface area contributed by atoms with Crippen molar-refractivity contribution in [3.05, 3.63) is 47.5 Å². The lowest BCUT2D eigenvalue weighted by atomic mass is 10.1. The number of anilines is 1. The second-order valence-electron chi connectivity index (χ2n) is 4.99. The molecular weight excluding hydrogens is 270 g/mol. The Morgan fingerprint density at radius 2 is 2.20 bits per heavy atom. The van der Waals surface area contributed by atoms with Gasteiger partial charge in [-0.05, 0) is 18.6 Å². The van der Waals surface area contributed by atoms with Crippen LogP contribution in [-0.4, -0.2) is 42.0 Å². The lowest BCUT2D eigenvalue weighted by Gasteiger charge is -2.25. The summed E-state index contributed by atoms with van der Waals surface area (Å²) in [5.74, 6) is 0.0941. The molecule has 1 atom stereocenters. The Hall–Kier alpha value is -1.88. The molecule has 0 bridgehead atoms. The molecule has 4 nitrogen and oxygen atoms in total. The molecule has 1 aliphatic heterocycles. The largest absolute Gasteiger partial charge is 0.346 e. The number of carbonyl (C=O) groups excluding carboxylic acids is 1. The Balaban J connectivity index is 1.67. The first-order valence-corrected chi connectivity index (χ1v) is 7.60. The van der Waals surface area contributed by atoms with E-state index in [-0.39, 0.29) is 11.9 Å². The van der Waals surface area contributed by atoms with Gasteiger partial charge in [0.25, 0.3) is 5.91 Å². The fraction of sp³-hybridized carbons (Fsp3) is 0.333. The van der Waals surface area contributed by atoms with Gasteiger partial charge in [0.2, 0.25) is 0 Å². The van der Waals surface area contributed by atoms with Gasteiger partial charge in [0.1, 0.15) is 0 Å². The Bertz CT molecular complexity index is 570. The van der Waals surface area contributed by atoms with Crippen molar-refractivity contribution in [2.45, 2.75) is 12.5 Å². The number of likely N-dealkylation sites (N-methyl/N-ethyl adjacent to an activating group) is 1. The molecule has 5 heteroatoms. The van der Waals surface area contributed by atoms with Gasteiger partial charge in [-0.15, -0.1) is 11.3 Å². The molecule has 2 heterocycles. The molecule has 0 N–H and O–H groups in total. The zero-order chi connectivity index (χ0) is 13.9. The average molecular weight is 287 g/mol. The summed E-state index contributed by atoms with van der Waals surface area (Å²) >= 11 is 1.65. The maximum Gasteiger partial charge on any atom is 0.253 e. The molecule has 1 saturated heterocycles. The number of rotatable bonds is 3. The third-order valence-electron chi connectivity index (χ3n) is 3.74. The van der Waals surface area contributed by atoms with Crippen molar-refractivity contribution in [2.75, 3.05) is 25.0 Å². The van der Waals surface area contributed by atoms with Crippen LogP contribution < -0.4 is 4.90 Å².